The molecule has 88 valence electrons. The topological polar surface area (TPSA) is 39.2 Å². The van der Waals surface area contributed by atoms with Crippen LogP contribution in [0.3, 0.4) is 0 Å². The van der Waals surface area contributed by atoms with Gasteiger partial charge in [0.05, 0.1) is 13.0 Å². The summed E-state index contributed by atoms with van der Waals surface area (Å²) in [6, 6.07) is 5.88. The van der Waals surface area contributed by atoms with Gasteiger partial charge in [-0.1, -0.05) is 28.1 Å². The van der Waals surface area contributed by atoms with Crippen LogP contribution >= 0.6 is 15.9 Å². The number of benzene rings is 1. The maximum atomic E-state index is 11.5. The molecular weight excluding hydrogens is 282 g/mol. The number of nitrogens with zero attached hydrogens (tertiary/aromatic N) is 1. The van der Waals surface area contributed by atoms with E-state index in [9.17, 15) is 4.79 Å². The van der Waals surface area contributed by atoms with Crippen molar-refractivity contribution in [3.8, 4) is 0 Å². The molecule has 0 atom stereocenters. The van der Waals surface area contributed by atoms with E-state index in [4.69, 9.17) is 4.74 Å². The monoisotopic (exact) mass is 293 g/mol. The van der Waals surface area contributed by atoms with Crippen LogP contribution in [0.1, 0.15) is 12.5 Å². The molecule has 1 heterocycles. The molecular formula is C13H12BrNO2. The number of halogens is 1. The minimum absolute atomic E-state index is 0.224. The minimum atomic E-state index is -0.224. The van der Waals surface area contributed by atoms with Crippen LogP contribution in [0.5, 0.6) is 0 Å². The molecule has 1 aromatic heterocycles. The second-order valence-electron chi connectivity index (χ2n) is 3.62. The van der Waals surface area contributed by atoms with Gasteiger partial charge in [-0.2, -0.15) is 0 Å². The molecule has 0 fully saturated rings. The standard InChI is InChI=1S/C13H12BrNO2/c1-2-17-12(16)6-10-8-15-7-9-4-3-5-11(14)13(9)10/h3-5,7-8H,2,6H2,1H3. The Balaban J connectivity index is 2.43. The van der Waals surface area contributed by atoms with Crippen molar-refractivity contribution >= 4 is 32.7 Å². The molecule has 0 spiro atoms. The van der Waals surface area contributed by atoms with E-state index in [0.29, 0.717) is 6.61 Å². The van der Waals surface area contributed by atoms with Gasteiger partial charge in [-0.05, 0) is 18.6 Å². The van der Waals surface area contributed by atoms with Crippen molar-refractivity contribution in [2.45, 2.75) is 13.3 Å². The Labute approximate surface area is 108 Å². The summed E-state index contributed by atoms with van der Waals surface area (Å²) in [6.45, 7) is 2.20. The number of esters is 1. The zero-order valence-electron chi connectivity index (χ0n) is 9.44. The Bertz CT molecular complexity index is 549. The number of rotatable bonds is 3. The second-order valence-corrected chi connectivity index (χ2v) is 4.47. The van der Waals surface area contributed by atoms with Gasteiger partial charge in [-0.25, -0.2) is 0 Å². The fraction of sp³-hybridized carbons (Fsp3) is 0.231. The first-order valence-electron chi connectivity index (χ1n) is 5.39. The molecule has 0 saturated carbocycles. The minimum Gasteiger partial charge on any atom is -0.466 e. The molecule has 17 heavy (non-hydrogen) atoms. The van der Waals surface area contributed by atoms with Crippen molar-refractivity contribution in [2.24, 2.45) is 0 Å². The molecule has 0 amide bonds. The molecule has 1 aromatic carbocycles. The Morgan fingerprint density at radius 3 is 3.00 bits per heavy atom. The number of carbonyl (C=O) groups excluding carboxylic acids is 1. The third kappa shape index (κ3) is 2.64. The summed E-state index contributed by atoms with van der Waals surface area (Å²) in [4.78, 5) is 15.6. The molecule has 0 saturated heterocycles. The second kappa shape index (κ2) is 5.27. The first kappa shape index (κ1) is 12.0. The van der Waals surface area contributed by atoms with Gasteiger partial charge in [0.15, 0.2) is 0 Å². The number of fused-ring (bicyclic) bond motifs is 1. The van der Waals surface area contributed by atoms with Crippen molar-refractivity contribution in [1.29, 1.82) is 0 Å². The fourth-order valence-electron chi connectivity index (χ4n) is 1.76. The molecule has 2 aromatic rings. The lowest BCUT2D eigenvalue weighted by Gasteiger charge is -2.07. The van der Waals surface area contributed by atoms with Crippen molar-refractivity contribution in [3.05, 3.63) is 40.6 Å². The lowest BCUT2D eigenvalue weighted by molar-refractivity contribution is -0.142. The van der Waals surface area contributed by atoms with Gasteiger partial charge in [0.25, 0.3) is 0 Å². The van der Waals surface area contributed by atoms with E-state index >= 15 is 0 Å². The fourth-order valence-corrected chi connectivity index (χ4v) is 2.40. The van der Waals surface area contributed by atoms with Gasteiger partial charge in [0.1, 0.15) is 0 Å². The number of aromatic nitrogens is 1. The average molecular weight is 294 g/mol. The number of ether oxygens (including phenoxy) is 1. The lowest BCUT2D eigenvalue weighted by Crippen LogP contribution is -2.08. The van der Waals surface area contributed by atoms with E-state index in [1.807, 2.05) is 18.2 Å². The zero-order chi connectivity index (χ0) is 12.3. The van der Waals surface area contributed by atoms with Crippen molar-refractivity contribution in [1.82, 2.24) is 4.98 Å². The molecule has 0 aliphatic heterocycles. The first-order valence-corrected chi connectivity index (χ1v) is 6.18. The molecule has 0 radical (unpaired) electrons. The third-order valence-electron chi connectivity index (χ3n) is 2.45. The number of pyridine rings is 1. The average Bonchev–Trinajstić information content (AvgIpc) is 2.29. The van der Waals surface area contributed by atoms with E-state index in [2.05, 4.69) is 20.9 Å². The normalized spacial score (nSPS) is 10.5. The molecule has 2 rings (SSSR count). The van der Waals surface area contributed by atoms with Gasteiger partial charge in [-0.15, -0.1) is 0 Å². The maximum absolute atomic E-state index is 11.5. The van der Waals surface area contributed by atoms with E-state index in [1.165, 1.54) is 0 Å². The van der Waals surface area contributed by atoms with Gasteiger partial charge in [0.2, 0.25) is 0 Å². The van der Waals surface area contributed by atoms with Crippen LogP contribution in [0.2, 0.25) is 0 Å². The van der Waals surface area contributed by atoms with E-state index in [0.717, 1.165) is 20.8 Å². The largest absolute Gasteiger partial charge is 0.466 e. The number of hydrogen-bond acceptors (Lipinski definition) is 3. The highest BCUT2D eigenvalue weighted by atomic mass is 79.9. The summed E-state index contributed by atoms with van der Waals surface area (Å²) in [5, 5.41) is 2.04. The summed E-state index contributed by atoms with van der Waals surface area (Å²) >= 11 is 3.50. The van der Waals surface area contributed by atoms with Crippen LogP contribution in [-0.2, 0) is 16.0 Å². The van der Waals surface area contributed by atoms with Crippen LogP contribution in [0.4, 0.5) is 0 Å². The van der Waals surface area contributed by atoms with E-state index < -0.39 is 0 Å². The highest BCUT2D eigenvalue weighted by Crippen LogP contribution is 2.26. The summed E-state index contributed by atoms with van der Waals surface area (Å²) in [6.07, 6.45) is 3.75. The van der Waals surface area contributed by atoms with Crippen LogP contribution in [0.25, 0.3) is 10.8 Å². The quantitative estimate of drug-likeness (QED) is 0.817. The van der Waals surface area contributed by atoms with Crippen LogP contribution in [-0.4, -0.2) is 17.6 Å². The Morgan fingerprint density at radius 1 is 1.41 bits per heavy atom. The van der Waals surface area contributed by atoms with Crippen LogP contribution in [0, 0.1) is 0 Å². The van der Waals surface area contributed by atoms with Crippen molar-refractivity contribution < 1.29 is 9.53 Å². The SMILES string of the molecule is CCOC(=O)Cc1cncc2cccc(Br)c12. The predicted molar refractivity (Wildman–Crippen MR) is 69.8 cm³/mol. The van der Waals surface area contributed by atoms with Crippen LogP contribution < -0.4 is 0 Å². The highest BCUT2D eigenvalue weighted by Gasteiger charge is 2.10. The summed E-state index contributed by atoms with van der Waals surface area (Å²) < 4.78 is 5.92. The lowest BCUT2D eigenvalue weighted by atomic mass is 10.1. The molecule has 3 nitrogen and oxygen atoms in total. The Hall–Kier alpha value is -1.42. The summed E-state index contributed by atoms with van der Waals surface area (Å²) in [7, 11) is 0. The van der Waals surface area contributed by atoms with Gasteiger partial charge < -0.3 is 4.74 Å². The summed E-state index contributed by atoms with van der Waals surface area (Å²) in [5.41, 5.74) is 0.883. The van der Waals surface area contributed by atoms with Crippen molar-refractivity contribution in [2.75, 3.05) is 6.61 Å². The Kier molecular flexibility index (Phi) is 3.74. The number of hydrogen-bond donors (Lipinski definition) is 0. The summed E-state index contributed by atoms with van der Waals surface area (Å²) in [5.74, 6) is -0.224. The maximum Gasteiger partial charge on any atom is 0.310 e. The Morgan fingerprint density at radius 2 is 2.24 bits per heavy atom. The molecule has 4 heteroatoms. The van der Waals surface area contributed by atoms with E-state index in [1.54, 1.807) is 19.3 Å². The molecule has 0 N–H and O–H groups in total. The van der Waals surface area contributed by atoms with Crippen molar-refractivity contribution in [3.63, 3.8) is 0 Å². The van der Waals surface area contributed by atoms with E-state index in [-0.39, 0.29) is 12.4 Å². The predicted octanol–water partition coefficient (Wildman–Crippen LogP) is 3.10. The molecule has 0 aliphatic rings. The molecule has 0 aliphatic carbocycles. The number of carbonyl (C=O) groups is 1. The van der Waals surface area contributed by atoms with Gasteiger partial charge in [-0.3, -0.25) is 9.78 Å². The highest BCUT2D eigenvalue weighted by molar-refractivity contribution is 9.10. The molecule has 0 bridgehead atoms. The van der Waals surface area contributed by atoms with Crippen LogP contribution in [0.15, 0.2) is 35.1 Å². The zero-order valence-corrected chi connectivity index (χ0v) is 11.0. The first-order chi connectivity index (χ1) is 8.22. The third-order valence-corrected chi connectivity index (χ3v) is 3.11. The smallest absolute Gasteiger partial charge is 0.310 e. The molecule has 0 unspecified atom stereocenters. The van der Waals surface area contributed by atoms with Gasteiger partial charge >= 0.3 is 5.97 Å². The van der Waals surface area contributed by atoms with Gasteiger partial charge in [0, 0.05) is 27.6 Å².